The van der Waals surface area contributed by atoms with Crippen molar-refractivity contribution in [3.8, 4) is 17.5 Å². The largest absolute Gasteiger partial charge is 0.481 e. The zero-order valence-electron chi connectivity index (χ0n) is 15.9. The highest BCUT2D eigenvalue weighted by Gasteiger charge is 2.06. The van der Waals surface area contributed by atoms with Crippen LogP contribution in [0.3, 0.4) is 0 Å². The van der Waals surface area contributed by atoms with Gasteiger partial charge in [0, 0.05) is 23.5 Å². The third-order valence-electron chi connectivity index (χ3n) is 3.49. The van der Waals surface area contributed by atoms with Crippen LogP contribution in [0.1, 0.15) is 25.0 Å². The van der Waals surface area contributed by atoms with Gasteiger partial charge in [-0.3, -0.25) is 0 Å². The molecule has 0 spiro atoms. The predicted molar refractivity (Wildman–Crippen MR) is 106 cm³/mol. The fraction of sp³-hybridized carbons (Fsp3) is 0.238. The van der Waals surface area contributed by atoms with Gasteiger partial charge >= 0.3 is 0 Å². The Morgan fingerprint density at radius 2 is 1.62 bits per heavy atom. The number of nitrogens with zero attached hydrogens (tertiary/aromatic N) is 2. The van der Waals surface area contributed by atoms with Crippen molar-refractivity contribution in [1.29, 1.82) is 0 Å². The molecule has 1 N–H and O–H groups in total. The van der Waals surface area contributed by atoms with E-state index < -0.39 is 0 Å². The van der Waals surface area contributed by atoms with Crippen molar-refractivity contribution in [3.05, 3.63) is 65.9 Å². The summed E-state index contributed by atoms with van der Waals surface area (Å²) < 4.78 is 11.0. The molecule has 0 saturated carbocycles. The van der Waals surface area contributed by atoms with Gasteiger partial charge in [-0.15, -0.1) is 0 Å². The molecule has 3 rings (SSSR count). The maximum atomic E-state index is 5.84. The fourth-order valence-corrected chi connectivity index (χ4v) is 2.12. The van der Waals surface area contributed by atoms with Crippen LogP contribution in [0.4, 0.5) is 11.5 Å². The van der Waals surface area contributed by atoms with Crippen LogP contribution in [0.2, 0.25) is 0 Å². The van der Waals surface area contributed by atoms with Crippen LogP contribution >= 0.6 is 0 Å². The minimum Gasteiger partial charge on any atom is -0.481 e. The van der Waals surface area contributed by atoms with Gasteiger partial charge in [0.05, 0.1) is 7.11 Å². The van der Waals surface area contributed by atoms with Gasteiger partial charge in [0.15, 0.2) is 0 Å². The molecule has 136 valence electrons. The molecule has 2 heterocycles. The van der Waals surface area contributed by atoms with E-state index >= 15 is 0 Å². The molecule has 0 saturated heterocycles. The van der Waals surface area contributed by atoms with Crippen molar-refractivity contribution in [3.63, 3.8) is 0 Å². The molecule has 0 aliphatic rings. The van der Waals surface area contributed by atoms with E-state index in [1.54, 1.807) is 7.11 Å². The first kappa shape index (κ1) is 19.2. The zero-order chi connectivity index (χ0) is 18.9. The van der Waals surface area contributed by atoms with Crippen LogP contribution in [0.25, 0.3) is 0 Å². The first-order valence-electron chi connectivity index (χ1n) is 8.63. The van der Waals surface area contributed by atoms with E-state index in [-0.39, 0.29) is 0 Å². The molecule has 0 unspecified atom stereocenters. The summed E-state index contributed by atoms with van der Waals surface area (Å²) in [5, 5.41) is 3.25. The molecule has 0 fully saturated rings. The quantitative estimate of drug-likeness (QED) is 0.642. The summed E-state index contributed by atoms with van der Waals surface area (Å²) in [6.45, 7) is 7.96. The number of rotatable bonds is 5. The number of benzene rings is 1. The number of aromatic nitrogens is 2. The minimum atomic E-state index is 0.527. The number of aryl methyl sites for hydroxylation is 2. The number of hydrogen-bond acceptors (Lipinski definition) is 5. The highest BCUT2D eigenvalue weighted by Crippen LogP contribution is 2.26. The third-order valence-corrected chi connectivity index (χ3v) is 3.49. The lowest BCUT2D eigenvalue weighted by Gasteiger charge is -2.10. The Kier molecular flexibility index (Phi) is 6.97. The summed E-state index contributed by atoms with van der Waals surface area (Å²) in [5.41, 5.74) is 3.02. The van der Waals surface area contributed by atoms with E-state index in [4.69, 9.17) is 9.47 Å². The predicted octanol–water partition coefficient (Wildman–Crippen LogP) is 5.66. The summed E-state index contributed by atoms with van der Waals surface area (Å²) in [6.07, 6.45) is 1.83. The molecule has 1 aromatic carbocycles. The molecule has 0 aliphatic heterocycles. The number of anilines is 2. The third kappa shape index (κ3) is 5.21. The number of methoxy groups -OCH3 is 1. The number of nitrogens with one attached hydrogen (secondary N) is 1. The molecule has 26 heavy (non-hydrogen) atoms. The number of ether oxygens (including phenoxy) is 2. The molecule has 3 aromatic rings. The van der Waals surface area contributed by atoms with Gasteiger partial charge in [0.25, 0.3) is 0 Å². The Morgan fingerprint density at radius 1 is 0.885 bits per heavy atom. The fourth-order valence-electron chi connectivity index (χ4n) is 2.12. The highest BCUT2D eigenvalue weighted by atomic mass is 16.5. The lowest BCUT2D eigenvalue weighted by Crippen LogP contribution is -1.95. The van der Waals surface area contributed by atoms with Crippen LogP contribution in [0.5, 0.6) is 17.5 Å². The topological polar surface area (TPSA) is 56.3 Å². The van der Waals surface area contributed by atoms with Gasteiger partial charge in [-0.05, 0) is 55.8 Å². The molecule has 0 amide bonds. The second kappa shape index (κ2) is 9.42. The first-order valence-corrected chi connectivity index (χ1v) is 8.63. The second-order valence-electron chi connectivity index (χ2n) is 5.45. The molecule has 2 aromatic heterocycles. The normalized spacial score (nSPS) is 9.73. The molecule has 0 radical (unpaired) electrons. The Morgan fingerprint density at radius 3 is 2.23 bits per heavy atom. The van der Waals surface area contributed by atoms with E-state index in [0.717, 1.165) is 22.6 Å². The average molecular weight is 351 g/mol. The Hall–Kier alpha value is -3.08. The molecule has 5 heteroatoms. The van der Waals surface area contributed by atoms with E-state index in [2.05, 4.69) is 15.3 Å². The minimum absolute atomic E-state index is 0.527. The lowest BCUT2D eigenvalue weighted by atomic mass is 10.2. The molecule has 0 atom stereocenters. The molecule has 5 nitrogen and oxygen atoms in total. The SMILES string of the molecule is CC.COc1ccc(C)c(Oc2ccc(Nc3ccc(C)cn3)cc2)n1. The van der Waals surface area contributed by atoms with Crippen molar-refractivity contribution in [2.45, 2.75) is 27.7 Å². The van der Waals surface area contributed by atoms with Crippen molar-refractivity contribution in [2.24, 2.45) is 0 Å². The first-order chi connectivity index (χ1) is 12.6. The van der Waals surface area contributed by atoms with Gasteiger partial charge in [0.1, 0.15) is 11.6 Å². The summed E-state index contributed by atoms with van der Waals surface area (Å²) in [5.74, 6) is 2.58. The molecule has 0 bridgehead atoms. The van der Waals surface area contributed by atoms with Crippen LogP contribution in [0, 0.1) is 13.8 Å². The average Bonchev–Trinajstić information content (AvgIpc) is 2.68. The summed E-state index contributed by atoms with van der Waals surface area (Å²) in [6, 6.07) is 15.3. The monoisotopic (exact) mass is 351 g/mol. The molecule has 0 aliphatic carbocycles. The summed E-state index contributed by atoms with van der Waals surface area (Å²) >= 11 is 0. The van der Waals surface area contributed by atoms with Crippen LogP contribution in [0.15, 0.2) is 54.7 Å². The van der Waals surface area contributed by atoms with E-state index in [0.29, 0.717) is 17.5 Å². The van der Waals surface area contributed by atoms with E-state index in [1.165, 1.54) is 0 Å². The van der Waals surface area contributed by atoms with Gasteiger partial charge in [-0.25, -0.2) is 4.98 Å². The number of pyridine rings is 2. The van der Waals surface area contributed by atoms with Crippen molar-refractivity contribution in [2.75, 3.05) is 12.4 Å². The van der Waals surface area contributed by atoms with E-state index in [9.17, 15) is 0 Å². The van der Waals surface area contributed by atoms with E-state index in [1.807, 2.05) is 82.4 Å². The van der Waals surface area contributed by atoms with Crippen molar-refractivity contribution in [1.82, 2.24) is 9.97 Å². The summed E-state index contributed by atoms with van der Waals surface area (Å²) in [4.78, 5) is 8.64. The molecular weight excluding hydrogens is 326 g/mol. The summed E-state index contributed by atoms with van der Waals surface area (Å²) in [7, 11) is 1.58. The van der Waals surface area contributed by atoms with Crippen LogP contribution in [-0.4, -0.2) is 17.1 Å². The highest BCUT2D eigenvalue weighted by molar-refractivity contribution is 5.57. The standard InChI is InChI=1S/C19H19N3O2.C2H6/c1-13-4-10-17(20-12-13)21-15-6-8-16(9-7-15)24-19-14(2)5-11-18(22-19)23-3;1-2/h4-12H,1-3H3,(H,20,21);1-2H3. The van der Waals surface area contributed by atoms with Crippen molar-refractivity contribution >= 4 is 11.5 Å². The Bertz CT molecular complexity index is 816. The van der Waals surface area contributed by atoms with Gasteiger partial charge in [-0.2, -0.15) is 4.98 Å². The van der Waals surface area contributed by atoms with Gasteiger partial charge < -0.3 is 14.8 Å². The maximum Gasteiger partial charge on any atom is 0.225 e. The second-order valence-corrected chi connectivity index (χ2v) is 5.45. The maximum absolute atomic E-state index is 5.84. The smallest absolute Gasteiger partial charge is 0.225 e. The lowest BCUT2D eigenvalue weighted by molar-refractivity contribution is 0.382. The van der Waals surface area contributed by atoms with Gasteiger partial charge in [-0.1, -0.05) is 19.9 Å². The van der Waals surface area contributed by atoms with Crippen LogP contribution < -0.4 is 14.8 Å². The Labute approximate surface area is 155 Å². The Balaban J connectivity index is 0.00000117. The number of hydrogen-bond donors (Lipinski definition) is 1. The zero-order valence-corrected chi connectivity index (χ0v) is 15.9. The molecular formula is C21H25N3O2. The van der Waals surface area contributed by atoms with Crippen LogP contribution in [-0.2, 0) is 0 Å². The van der Waals surface area contributed by atoms with Gasteiger partial charge in [0.2, 0.25) is 11.8 Å². The van der Waals surface area contributed by atoms with Crippen molar-refractivity contribution < 1.29 is 9.47 Å².